The molecule has 2 unspecified atom stereocenters. The van der Waals surface area contributed by atoms with E-state index in [9.17, 15) is 4.79 Å². The number of fused-ring (bicyclic) bond motifs is 2. The fourth-order valence-corrected chi connectivity index (χ4v) is 0.981. The number of hydroxylamine groups is 3. The van der Waals surface area contributed by atoms with Gasteiger partial charge in [0.05, 0.1) is 0 Å². The fourth-order valence-electron chi connectivity index (χ4n) is 0.981. The number of nitrogens with one attached hydrogen (secondary N) is 3. The van der Waals surface area contributed by atoms with Crippen LogP contribution in [-0.2, 0) is 9.73 Å². The zero-order valence-electron chi connectivity index (χ0n) is 6.02. The van der Waals surface area contributed by atoms with Gasteiger partial charge in [-0.2, -0.15) is 10.0 Å². The van der Waals surface area contributed by atoms with E-state index in [0.717, 1.165) is 5.06 Å². The summed E-state index contributed by atoms with van der Waals surface area (Å²) in [6.45, 7) is 0. The van der Waals surface area contributed by atoms with Gasteiger partial charge in [0, 0.05) is 0 Å². The predicted molar refractivity (Wildman–Crippen MR) is 37.6 cm³/mol. The first kappa shape index (κ1) is 7.28. The lowest BCUT2D eigenvalue weighted by molar-refractivity contribution is -0.261. The summed E-state index contributed by atoms with van der Waals surface area (Å²) in [5.74, 6) is 0.256. The zero-order chi connectivity index (χ0) is 8.55. The Hall–Kier alpha value is -1.38. The van der Waals surface area contributed by atoms with Crippen molar-refractivity contribution in [2.24, 2.45) is 10.7 Å². The van der Waals surface area contributed by atoms with Crippen LogP contribution < -0.4 is 21.8 Å². The largest absolute Gasteiger partial charge is 0.370 e. The van der Waals surface area contributed by atoms with E-state index in [-0.39, 0.29) is 12.2 Å². The number of carbonyl (C=O) groups is 1. The van der Waals surface area contributed by atoms with E-state index < -0.39 is 6.29 Å². The average Bonchev–Trinajstić information content (AvgIpc) is 2.04. The molecule has 2 aliphatic heterocycles. The molecule has 66 valence electrons. The van der Waals surface area contributed by atoms with Crippen LogP contribution in [0, 0.1) is 0 Å². The molecule has 2 rings (SSSR count). The molecule has 2 heterocycles. The lowest BCUT2D eigenvalue weighted by Gasteiger charge is -2.38. The number of guanidine groups is 1. The maximum Gasteiger partial charge on any atom is 0.238 e. The summed E-state index contributed by atoms with van der Waals surface area (Å²) in [4.78, 5) is 19.0. The summed E-state index contributed by atoms with van der Waals surface area (Å²) in [7, 11) is 0. The standard InChI is InChI=1S/C4H8N6O2/c5-2-6-3-8-4(7-2)10(1-11)12-9-3/h1,3-4,8-9H,(H3,5,6,7). The number of aliphatic imine (C=N–C) groups is 1. The van der Waals surface area contributed by atoms with Crippen LogP contribution in [0.2, 0.25) is 0 Å². The number of hydrogen-bond donors (Lipinski definition) is 4. The van der Waals surface area contributed by atoms with E-state index in [1.165, 1.54) is 0 Å². The van der Waals surface area contributed by atoms with E-state index in [0.29, 0.717) is 6.41 Å². The number of nitrogens with zero attached hydrogens (tertiary/aromatic N) is 2. The normalized spacial score (nSPS) is 33.7. The van der Waals surface area contributed by atoms with Gasteiger partial charge in [-0.25, -0.2) is 10.3 Å². The number of amides is 1. The molecular weight excluding hydrogens is 164 g/mol. The van der Waals surface area contributed by atoms with Crippen LogP contribution in [-0.4, -0.2) is 30.0 Å². The molecular formula is C4H8N6O2. The second-order valence-corrected chi connectivity index (χ2v) is 2.31. The van der Waals surface area contributed by atoms with Gasteiger partial charge < -0.3 is 11.1 Å². The molecule has 0 radical (unpaired) electrons. The minimum absolute atomic E-state index is 0.256. The molecule has 8 nitrogen and oxygen atoms in total. The first-order valence-electron chi connectivity index (χ1n) is 3.31. The highest BCUT2D eigenvalue weighted by Gasteiger charge is 2.31. The van der Waals surface area contributed by atoms with Gasteiger partial charge in [-0.05, 0) is 0 Å². The molecule has 2 bridgehead atoms. The molecule has 0 saturated carbocycles. The molecule has 5 N–H and O–H groups in total. The van der Waals surface area contributed by atoms with Crippen molar-refractivity contribution in [2.75, 3.05) is 0 Å². The summed E-state index contributed by atoms with van der Waals surface area (Å²) in [6, 6.07) is 0. The SMILES string of the molecule is NC1=NC2NC(NON2C=O)N1. The van der Waals surface area contributed by atoms with Crippen molar-refractivity contribution in [1.29, 1.82) is 0 Å². The number of carbonyl (C=O) groups excluding carboxylic acids is 1. The van der Waals surface area contributed by atoms with E-state index in [4.69, 9.17) is 10.7 Å². The Balaban J connectivity index is 2.17. The second kappa shape index (κ2) is 2.59. The van der Waals surface area contributed by atoms with Crippen LogP contribution in [0.1, 0.15) is 0 Å². The Bertz CT molecular complexity index is 230. The average molecular weight is 172 g/mol. The van der Waals surface area contributed by atoms with Gasteiger partial charge >= 0.3 is 0 Å². The molecule has 2 aliphatic rings. The third-order valence-electron chi connectivity index (χ3n) is 1.49. The van der Waals surface area contributed by atoms with Gasteiger partial charge in [0.1, 0.15) is 0 Å². The molecule has 0 aromatic rings. The highest BCUT2D eigenvalue weighted by atomic mass is 16.8. The Morgan fingerprint density at radius 2 is 2.58 bits per heavy atom. The topological polar surface area (TPSA) is 104 Å². The minimum atomic E-state index is -0.560. The third kappa shape index (κ3) is 1.07. The van der Waals surface area contributed by atoms with Gasteiger partial charge in [0.15, 0.2) is 12.2 Å². The predicted octanol–water partition coefficient (Wildman–Crippen LogP) is -3.03. The minimum Gasteiger partial charge on any atom is -0.370 e. The Morgan fingerprint density at radius 1 is 1.75 bits per heavy atom. The fraction of sp³-hybridized carbons (Fsp3) is 0.500. The quantitative estimate of drug-likeness (QED) is 0.314. The first-order chi connectivity index (χ1) is 5.79. The van der Waals surface area contributed by atoms with Crippen molar-refractivity contribution < 1.29 is 9.73 Å². The monoisotopic (exact) mass is 172 g/mol. The molecule has 12 heavy (non-hydrogen) atoms. The third-order valence-corrected chi connectivity index (χ3v) is 1.49. The maximum atomic E-state index is 10.4. The van der Waals surface area contributed by atoms with Crippen LogP contribution in [0.5, 0.6) is 0 Å². The summed E-state index contributed by atoms with van der Waals surface area (Å²) < 4.78 is 0. The molecule has 0 aromatic carbocycles. The van der Waals surface area contributed by atoms with Crippen molar-refractivity contribution in [2.45, 2.75) is 12.6 Å². The summed E-state index contributed by atoms with van der Waals surface area (Å²) in [5.41, 5.74) is 7.90. The van der Waals surface area contributed by atoms with Crippen molar-refractivity contribution in [3.05, 3.63) is 0 Å². The number of nitrogens with two attached hydrogens (primary N) is 1. The van der Waals surface area contributed by atoms with Crippen LogP contribution in [0.25, 0.3) is 0 Å². The van der Waals surface area contributed by atoms with E-state index in [1.54, 1.807) is 0 Å². The molecule has 1 fully saturated rings. The lowest BCUT2D eigenvalue weighted by atomic mass is 10.6. The van der Waals surface area contributed by atoms with Crippen LogP contribution in [0.4, 0.5) is 0 Å². The number of rotatable bonds is 1. The Kier molecular flexibility index (Phi) is 1.57. The second-order valence-electron chi connectivity index (χ2n) is 2.31. The van der Waals surface area contributed by atoms with Crippen molar-refractivity contribution >= 4 is 12.4 Å². The van der Waals surface area contributed by atoms with Crippen LogP contribution in [0.15, 0.2) is 4.99 Å². The molecule has 0 spiro atoms. The van der Waals surface area contributed by atoms with Gasteiger partial charge in [-0.15, -0.1) is 5.48 Å². The zero-order valence-corrected chi connectivity index (χ0v) is 6.02. The maximum absolute atomic E-state index is 10.4. The van der Waals surface area contributed by atoms with E-state index in [1.807, 2.05) is 0 Å². The smallest absolute Gasteiger partial charge is 0.238 e. The van der Waals surface area contributed by atoms with Gasteiger partial charge in [0.25, 0.3) is 0 Å². The van der Waals surface area contributed by atoms with Crippen molar-refractivity contribution in [1.82, 2.24) is 21.2 Å². The highest BCUT2D eigenvalue weighted by molar-refractivity contribution is 5.79. The Morgan fingerprint density at radius 3 is 3.33 bits per heavy atom. The van der Waals surface area contributed by atoms with E-state index >= 15 is 0 Å². The van der Waals surface area contributed by atoms with Gasteiger partial charge in [-0.3, -0.25) is 4.79 Å². The summed E-state index contributed by atoms with van der Waals surface area (Å²) in [5, 5.41) is 6.57. The molecule has 0 aromatic heterocycles. The van der Waals surface area contributed by atoms with Gasteiger partial charge in [0.2, 0.25) is 12.7 Å². The van der Waals surface area contributed by atoms with E-state index in [2.05, 4.69) is 21.1 Å². The van der Waals surface area contributed by atoms with Gasteiger partial charge in [-0.1, -0.05) is 0 Å². The Labute approximate surface area is 67.7 Å². The highest BCUT2D eigenvalue weighted by Crippen LogP contribution is 2.03. The molecule has 8 heteroatoms. The van der Waals surface area contributed by atoms with Crippen LogP contribution >= 0.6 is 0 Å². The van der Waals surface area contributed by atoms with Crippen LogP contribution in [0.3, 0.4) is 0 Å². The number of hydrogen-bond acceptors (Lipinski definition) is 7. The molecule has 2 atom stereocenters. The first-order valence-corrected chi connectivity index (χ1v) is 3.31. The summed E-state index contributed by atoms with van der Waals surface area (Å²) >= 11 is 0. The molecule has 0 aliphatic carbocycles. The lowest BCUT2D eigenvalue weighted by Crippen LogP contribution is -2.71. The van der Waals surface area contributed by atoms with Crippen molar-refractivity contribution in [3.63, 3.8) is 0 Å². The molecule has 1 saturated heterocycles. The summed E-state index contributed by atoms with van der Waals surface area (Å²) in [6.07, 6.45) is -0.373. The molecule has 1 amide bonds. The van der Waals surface area contributed by atoms with Crippen molar-refractivity contribution in [3.8, 4) is 0 Å².